The average Bonchev–Trinajstić information content (AvgIpc) is 2.52. The van der Waals surface area contributed by atoms with E-state index in [0.29, 0.717) is 45.3 Å². The van der Waals surface area contributed by atoms with Gasteiger partial charge in [-0.15, -0.1) is 0 Å². The Labute approximate surface area is 259 Å². The Balaban J connectivity index is 5.99. The molecule has 0 heterocycles. The summed E-state index contributed by atoms with van der Waals surface area (Å²) < 4.78 is 0. The molecule has 0 aromatic heterocycles. The first-order valence-corrected chi connectivity index (χ1v) is 24.9. The Bertz CT molecular complexity index is 655. The minimum atomic E-state index is -1.59. The normalized spacial score (nSPS) is 20.3. The number of hydrogen-bond donors (Lipinski definition) is 0. The van der Waals surface area contributed by atoms with Crippen LogP contribution in [0.4, 0.5) is 0 Å². The van der Waals surface area contributed by atoms with Crippen molar-refractivity contribution in [3.05, 3.63) is 0 Å². The van der Waals surface area contributed by atoms with Gasteiger partial charge in [0.05, 0.1) is 0 Å². The lowest BCUT2D eigenvalue weighted by Gasteiger charge is -2.35. The summed E-state index contributed by atoms with van der Waals surface area (Å²) in [7, 11) is 4.29. The van der Waals surface area contributed by atoms with Gasteiger partial charge in [0.25, 0.3) is 0 Å². The van der Waals surface area contributed by atoms with Gasteiger partial charge in [-0.1, -0.05) is 155 Å². The molecular weight excluding hydrogens is 575 g/mol. The summed E-state index contributed by atoms with van der Waals surface area (Å²) in [6.45, 7) is 38.4. The van der Waals surface area contributed by atoms with Crippen LogP contribution in [0.2, 0.25) is 0 Å². The van der Waals surface area contributed by atoms with Crippen molar-refractivity contribution in [1.82, 2.24) is 0 Å². The first-order chi connectivity index (χ1) is 16.6. The number of hydrogen-bond acceptors (Lipinski definition) is 4. The highest BCUT2D eigenvalue weighted by atomic mass is 33.5. The lowest BCUT2D eigenvalue weighted by Crippen LogP contribution is -2.18. The summed E-state index contributed by atoms with van der Waals surface area (Å²) in [6, 6.07) is 0. The van der Waals surface area contributed by atoms with E-state index in [9.17, 15) is 0 Å². The maximum absolute atomic E-state index is 6.73. The summed E-state index contributed by atoms with van der Waals surface area (Å²) >= 11 is 13.5. The molecule has 0 bridgehead atoms. The lowest BCUT2D eigenvalue weighted by molar-refractivity contribution is 0.318. The summed E-state index contributed by atoms with van der Waals surface area (Å²) in [6.07, 6.45) is 9.89. The second-order valence-corrected chi connectivity index (χ2v) is 36.4. The Morgan fingerprint density at radius 1 is 0.421 bits per heavy atom. The predicted molar refractivity (Wildman–Crippen MR) is 196 cm³/mol. The second-order valence-electron chi connectivity index (χ2n) is 18.0. The second kappa shape index (κ2) is 15.6. The highest BCUT2D eigenvalue weighted by molar-refractivity contribution is 9.19. The van der Waals surface area contributed by atoms with Crippen LogP contribution >= 0.6 is 31.3 Å². The first kappa shape index (κ1) is 40.0. The third kappa shape index (κ3) is 21.7. The summed E-state index contributed by atoms with van der Waals surface area (Å²) in [5.74, 6) is 2.70. The Hall–Kier alpha value is 2.00. The Kier molecular flexibility index (Phi) is 16.5. The zero-order chi connectivity index (χ0) is 30.4. The highest BCUT2D eigenvalue weighted by Gasteiger charge is 2.33. The van der Waals surface area contributed by atoms with Gasteiger partial charge in [-0.2, -0.15) is 0 Å². The topological polar surface area (TPSA) is 0 Å². The molecule has 0 fully saturated rings. The van der Waals surface area contributed by atoms with Crippen molar-refractivity contribution in [1.29, 1.82) is 0 Å². The molecule has 0 nitrogen and oxygen atoms in total. The van der Waals surface area contributed by atoms with Crippen molar-refractivity contribution in [2.45, 2.75) is 136 Å². The van der Waals surface area contributed by atoms with E-state index in [1.807, 2.05) is 0 Å². The van der Waals surface area contributed by atoms with Gasteiger partial charge < -0.3 is 0 Å². The van der Waals surface area contributed by atoms with Crippen LogP contribution in [0.5, 0.6) is 0 Å². The van der Waals surface area contributed by atoms with Crippen LogP contribution in [0.25, 0.3) is 0 Å². The lowest BCUT2D eigenvalue weighted by atomic mass is 9.86. The zero-order valence-corrected chi connectivity index (χ0v) is 33.5. The minimum Gasteiger partial charge on any atom is -0.0851 e. The monoisotopic (exact) mass is 642 g/mol. The molecule has 0 aliphatic rings. The van der Waals surface area contributed by atoms with Crippen molar-refractivity contribution < 1.29 is 0 Å². The molecule has 0 saturated heterocycles. The van der Waals surface area contributed by atoms with Crippen LogP contribution in [0.1, 0.15) is 136 Å². The van der Waals surface area contributed by atoms with Crippen LogP contribution < -0.4 is 0 Å². The molecule has 0 aliphatic heterocycles. The SMILES string of the molecule is CC(CC(C)(C)C)CP(=S)(CC(C)CC(C)(C)C)SSP(=S)(CC(C)CC(C)(C)C)CC(C)CC(C)(C)C. The van der Waals surface area contributed by atoms with E-state index in [0.717, 1.165) is 0 Å². The van der Waals surface area contributed by atoms with Crippen molar-refractivity contribution in [2.24, 2.45) is 45.3 Å². The Morgan fingerprint density at radius 2 is 0.579 bits per heavy atom. The van der Waals surface area contributed by atoms with Gasteiger partial charge in [-0.25, -0.2) is 0 Å². The van der Waals surface area contributed by atoms with Crippen molar-refractivity contribution in [3.8, 4) is 0 Å². The predicted octanol–water partition coefficient (Wildman–Crippen LogP) is 13.4. The Morgan fingerprint density at radius 3 is 0.711 bits per heavy atom. The molecule has 6 heteroatoms. The van der Waals surface area contributed by atoms with E-state index in [-0.39, 0.29) is 0 Å². The van der Waals surface area contributed by atoms with E-state index in [1.165, 1.54) is 50.3 Å². The van der Waals surface area contributed by atoms with E-state index < -0.39 is 10.5 Å². The van der Waals surface area contributed by atoms with Gasteiger partial charge in [-0.05, 0) is 95.7 Å². The summed E-state index contributed by atoms with van der Waals surface area (Å²) in [5, 5.41) is -3.19. The van der Waals surface area contributed by atoms with Crippen LogP contribution in [0.3, 0.4) is 0 Å². The van der Waals surface area contributed by atoms with E-state index >= 15 is 0 Å². The maximum atomic E-state index is 6.73. The molecule has 0 spiro atoms. The van der Waals surface area contributed by atoms with Crippen molar-refractivity contribution >= 4 is 54.9 Å². The molecule has 0 N–H and O–H groups in total. The molecule has 230 valence electrons. The molecule has 0 radical (unpaired) electrons. The largest absolute Gasteiger partial charge is 0.0851 e. The quantitative estimate of drug-likeness (QED) is 0.129. The molecule has 0 amide bonds. The van der Waals surface area contributed by atoms with E-state index in [4.69, 9.17) is 23.6 Å². The standard InChI is InChI=1S/C32H68P2S4/c1-25(17-29(5,6)7)21-33(35,22-26(2)18-30(8,9)10)37-38-34(36,23-27(3)19-31(11,12)13)24-28(4)20-32(14,15)16/h25-28H,17-24H2,1-16H3. The van der Waals surface area contributed by atoms with Crippen LogP contribution in [-0.4, -0.2) is 24.6 Å². The molecule has 0 aliphatic carbocycles. The summed E-state index contributed by atoms with van der Waals surface area (Å²) in [4.78, 5) is 0. The molecular formula is C32H68P2S4. The molecule has 4 unspecified atom stereocenters. The van der Waals surface area contributed by atoms with Gasteiger partial charge >= 0.3 is 0 Å². The smallest absolute Gasteiger partial charge is 0.0187 e. The van der Waals surface area contributed by atoms with Gasteiger partial charge in [0.1, 0.15) is 0 Å². The molecule has 0 aromatic rings. The highest BCUT2D eigenvalue weighted by Crippen LogP contribution is 2.77. The minimum absolute atomic E-state index is 0.355. The average molecular weight is 643 g/mol. The van der Waals surface area contributed by atoms with Gasteiger partial charge in [0.2, 0.25) is 0 Å². The first-order valence-electron chi connectivity index (χ1n) is 15.2. The van der Waals surface area contributed by atoms with E-state index in [2.05, 4.69) is 132 Å². The van der Waals surface area contributed by atoms with Crippen LogP contribution in [0, 0.1) is 45.3 Å². The zero-order valence-electron chi connectivity index (χ0n) is 28.5. The molecule has 0 saturated carbocycles. The van der Waals surface area contributed by atoms with Crippen molar-refractivity contribution in [2.75, 3.05) is 24.6 Å². The third-order valence-electron chi connectivity index (χ3n) is 6.51. The van der Waals surface area contributed by atoms with Crippen LogP contribution in [0.15, 0.2) is 0 Å². The number of rotatable bonds is 15. The van der Waals surface area contributed by atoms with Gasteiger partial charge in [0, 0.05) is 10.5 Å². The molecule has 0 rings (SSSR count). The van der Waals surface area contributed by atoms with Gasteiger partial charge in [0.15, 0.2) is 0 Å². The fourth-order valence-corrected chi connectivity index (χ4v) is 34.7. The fourth-order valence-electron chi connectivity index (χ4n) is 6.73. The van der Waals surface area contributed by atoms with Gasteiger partial charge in [-0.3, -0.25) is 0 Å². The van der Waals surface area contributed by atoms with Crippen molar-refractivity contribution in [3.63, 3.8) is 0 Å². The molecule has 38 heavy (non-hydrogen) atoms. The molecule has 4 atom stereocenters. The fraction of sp³-hybridized carbons (Fsp3) is 1.00. The maximum Gasteiger partial charge on any atom is 0.0187 e. The third-order valence-corrected chi connectivity index (χ3v) is 27.8. The van der Waals surface area contributed by atoms with E-state index in [1.54, 1.807) is 0 Å². The molecule has 0 aromatic carbocycles. The summed E-state index contributed by atoms with van der Waals surface area (Å²) in [5.41, 5.74) is 1.42. The van der Waals surface area contributed by atoms with Crippen LogP contribution in [-0.2, 0) is 23.6 Å².